The van der Waals surface area contributed by atoms with Gasteiger partial charge in [0.15, 0.2) is 0 Å². The van der Waals surface area contributed by atoms with Crippen LogP contribution in [-0.2, 0) is 11.3 Å². The van der Waals surface area contributed by atoms with E-state index in [4.69, 9.17) is 9.72 Å². The zero-order valence-electron chi connectivity index (χ0n) is 17.6. The molecule has 158 valence electrons. The van der Waals surface area contributed by atoms with Crippen LogP contribution in [0.15, 0.2) is 48.5 Å². The topological polar surface area (TPSA) is 59.4 Å². The number of amides is 1. The van der Waals surface area contributed by atoms with Crippen molar-refractivity contribution in [3.63, 3.8) is 0 Å². The van der Waals surface area contributed by atoms with E-state index in [1.807, 2.05) is 55.7 Å². The number of benzene rings is 2. The quantitative estimate of drug-likeness (QED) is 0.680. The number of rotatable bonds is 4. The Morgan fingerprint density at radius 1 is 1.20 bits per heavy atom. The standard InChI is InChI=1S/C23H27FN4O2/c1-23(2,3)30-22(29)27-13-12-17(15-27)25-21-26-19-10-6-7-11-20(19)28(21)14-16-8-4-5-9-18(16)24/h4-11,17H,12-15H2,1-3H3,(H,25,26)/t17-/m0/s1. The molecule has 1 fully saturated rings. The summed E-state index contributed by atoms with van der Waals surface area (Å²) < 4.78 is 21.8. The first-order valence-electron chi connectivity index (χ1n) is 10.2. The second-order valence-corrected chi connectivity index (χ2v) is 8.66. The Bertz CT molecular complexity index is 1060. The van der Waals surface area contributed by atoms with Gasteiger partial charge in [-0.2, -0.15) is 0 Å². The third-order valence-corrected chi connectivity index (χ3v) is 5.11. The molecule has 0 aliphatic carbocycles. The van der Waals surface area contributed by atoms with Gasteiger partial charge in [-0.05, 0) is 45.4 Å². The minimum absolute atomic E-state index is 0.0497. The van der Waals surface area contributed by atoms with Gasteiger partial charge in [-0.1, -0.05) is 30.3 Å². The molecule has 30 heavy (non-hydrogen) atoms. The molecule has 1 N–H and O–H groups in total. The molecule has 1 saturated heterocycles. The Morgan fingerprint density at radius 3 is 2.70 bits per heavy atom. The molecular weight excluding hydrogens is 383 g/mol. The molecule has 1 amide bonds. The van der Waals surface area contributed by atoms with E-state index in [0.717, 1.165) is 17.5 Å². The number of nitrogens with one attached hydrogen (secondary N) is 1. The monoisotopic (exact) mass is 410 g/mol. The first-order chi connectivity index (χ1) is 14.3. The maximum absolute atomic E-state index is 14.3. The van der Waals surface area contributed by atoms with E-state index in [1.165, 1.54) is 6.07 Å². The molecule has 0 saturated carbocycles. The smallest absolute Gasteiger partial charge is 0.410 e. The van der Waals surface area contributed by atoms with Gasteiger partial charge < -0.3 is 19.5 Å². The Morgan fingerprint density at radius 2 is 1.93 bits per heavy atom. The van der Waals surface area contributed by atoms with E-state index in [0.29, 0.717) is 31.1 Å². The highest BCUT2D eigenvalue weighted by molar-refractivity contribution is 5.79. The molecule has 0 unspecified atom stereocenters. The third kappa shape index (κ3) is 4.40. The van der Waals surface area contributed by atoms with Gasteiger partial charge >= 0.3 is 6.09 Å². The van der Waals surface area contributed by atoms with Crippen molar-refractivity contribution in [1.29, 1.82) is 0 Å². The minimum Gasteiger partial charge on any atom is -0.444 e. The number of likely N-dealkylation sites (tertiary alicyclic amines) is 1. The van der Waals surface area contributed by atoms with Gasteiger partial charge in [-0.15, -0.1) is 0 Å². The molecule has 6 nitrogen and oxygen atoms in total. The molecule has 2 aromatic carbocycles. The lowest BCUT2D eigenvalue weighted by molar-refractivity contribution is 0.0293. The zero-order valence-corrected chi connectivity index (χ0v) is 17.6. The van der Waals surface area contributed by atoms with Crippen LogP contribution in [0.4, 0.5) is 15.1 Å². The zero-order chi connectivity index (χ0) is 21.3. The van der Waals surface area contributed by atoms with Crippen LogP contribution in [0, 0.1) is 5.82 Å². The summed E-state index contributed by atoms with van der Waals surface area (Å²) in [6.45, 7) is 7.13. The molecule has 1 atom stereocenters. The van der Waals surface area contributed by atoms with E-state index in [9.17, 15) is 9.18 Å². The van der Waals surface area contributed by atoms with Crippen LogP contribution < -0.4 is 5.32 Å². The first kappa shape index (κ1) is 20.2. The highest BCUT2D eigenvalue weighted by Crippen LogP contribution is 2.24. The molecular formula is C23H27FN4O2. The maximum atomic E-state index is 14.3. The van der Waals surface area contributed by atoms with E-state index in [-0.39, 0.29) is 18.0 Å². The predicted octanol–water partition coefficient (Wildman–Crippen LogP) is 4.65. The largest absolute Gasteiger partial charge is 0.444 e. The van der Waals surface area contributed by atoms with Crippen LogP contribution in [0.25, 0.3) is 11.0 Å². The molecule has 1 aromatic heterocycles. The minimum atomic E-state index is -0.518. The summed E-state index contributed by atoms with van der Waals surface area (Å²) >= 11 is 0. The van der Waals surface area contributed by atoms with Gasteiger partial charge in [0.1, 0.15) is 11.4 Å². The molecule has 0 radical (unpaired) electrons. The lowest BCUT2D eigenvalue weighted by Gasteiger charge is -2.24. The van der Waals surface area contributed by atoms with Crippen LogP contribution >= 0.6 is 0 Å². The van der Waals surface area contributed by atoms with Crippen molar-refractivity contribution in [2.24, 2.45) is 0 Å². The van der Waals surface area contributed by atoms with Crippen molar-refractivity contribution >= 4 is 23.1 Å². The average molecular weight is 410 g/mol. The lowest BCUT2D eigenvalue weighted by Crippen LogP contribution is -2.36. The van der Waals surface area contributed by atoms with E-state index in [1.54, 1.807) is 17.0 Å². The van der Waals surface area contributed by atoms with Gasteiger partial charge in [0.05, 0.1) is 17.6 Å². The summed E-state index contributed by atoms with van der Waals surface area (Å²) in [6, 6.07) is 14.6. The second-order valence-electron chi connectivity index (χ2n) is 8.66. The summed E-state index contributed by atoms with van der Waals surface area (Å²) in [4.78, 5) is 18.8. The molecule has 0 bridgehead atoms. The number of nitrogens with zero attached hydrogens (tertiary/aromatic N) is 3. The molecule has 3 aromatic rings. The Hall–Kier alpha value is -3.09. The predicted molar refractivity (Wildman–Crippen MR) is 115 cm³/mol. The Labute approximate surface area is 175 Å². The summed E-state index contributed by atoms with van der Waals surface area (Å²) in [7, 11) is 0. The van der Waals surface area contributed by atoms with Crippen LogP contribution in [0.1, 0.15) is 32.8 Å². The molecule has 0 spiro atoms. The van der Waals surface area contributed by atoms with Gasteiger partial charge in [0.2, 0.25) is 5.95 Å². The normalized spacial score (nSPS) is 16.8. The molecule has 7 heteroatoms. The Kier molecular flexibility index (Phi) is 5.37. The number of imidazole rings is 1. The van der Waals surface area contributed by atoms with Crippen LogP contribution in [-0.4, -0.2) is 45.3 Å². The highest BCUT2D eigenvalue weighted by atomic mass is 19.1. The van der Waals surface area contributed by atoms with Gasteiger partial charge in [0.25, 0.3) is 0 Å². The maximum Gasteiger partial charge on any atom is 0.410 e. The molecule has 1 aliphatic heterocycles. The number of fused-ring (bicyclic) bond motifs is 1. The van der Waals surface area contributed by atoms with Crippen molar-refractivity contribution < 1.29 is 13.9 Å². The van der Waals surface area contributed by atoms with Gasteiger partial charge in [0, 0.05) is 24.7 Å². The third-order valence-electron chi connectivity index (χ3n) is 5.11. The van der Waals surface area contributed by atoms with Crippen molar-refractivity contribution in [1.82, 2.24) is 14.5 Å². The van der Waals surface area contributed by atoms with E-state index in [2.05, 4.69) is 5.32 Å². The number of ether oxygens (including phenoxy) is 1. The Balaban J connectivity index is 1.55. The van der Waals surface area contributed by atoms with E-state index < -0.39 is 5.60 Å². The number of aromatic nitrogens is 2. The van der Waals surface area contributed by atoms with E-state index >= 15 is 0 Å². The number of carbonyl (C=O) groups excluding carboxylic acids is 1. The molecule has 2 heterocycles. The first-order valence-corrected chi connectivity index (χ1v) is 10.2. The van der Waals surface area contributed by atoms with Crippen LogP contribution in [0.3, 0.4) is 0 Å². The van der Waals surface area contributed by atoms with Crippen LogP contribution in [0.5, 0.6) is 0 Å². The van der Waals surface area contributed by atoms with Gasteiger partial charge in [-0.3, -0.25) is 0 Å². The fourth-order valence-electron chi connectivity index (χ4n) is 3.70. The number of hydrogen-bond donors (Lipinski definition) is 1. The van der Waals surface area contributed by atoms with Crippen LogP contribution in [0.2, 0.25) is 0 Å². The summed E-state index contributed by atoms with van der Waals surface area (Å²) in [6.07, 6.45) is 0.494. The van der Waals surface area contributed by atoms with Crippen molar-refractivity contribution in [3.8, 4) is 0 Å². The number of hydrogen-bond acceptors (Lipinski definition) is 4. The van der Waals surface area contributed by atoms with Crippen molar-refractivity contribution in [3.05, 3.63) is 59.9 Å². The van der Waals surface area contributed by atoms with Crippen molar-refractivity contribution in [2.75, 3.05) is 18.4 Å². The number of para-hydroxylation sites is 2. The van der Waals surface area contributed by atoms with Gasteiger partial charge in [-0.25, -0.2) is 14.2 Å². The summed E-state index contributed by atoms with van der Waals surface area (Å²) in [5.74, 6) is 0.439. The number of anilines is 1. The second kappa shape index (κ2) is 7.97. The summed E-state index contributed by atoms with van der Waals surface area (Å²) in [5, 5.41) is 3.47. The molecule has 1 aliphatic rings. The fraction of sp³-hybridized carbons (Fsp3) is 0.391. The molecule has 4 rings (SSSR count). The average Bonchev–Trinajstić information content (AvgIpc) is 3.28. The lowest BCUT2D eigenvalue weighted by atomic mass is 10.2. The van der Waals surface area contributed by atoms with Crippen molar-refractivity contribution in [2.45, 2.75) is 45.4 Å². The number of halogens is 1. The summed E-state index contributed by atoms with van der Waals surface area (Å²) in [5.41, 5.74) is 1.87. The SMILES string of the molecule is CC(C)(C)OC(=O)N1CC[C@H](Nc2nc3ccccc3n2Cc2ccccc2F)C1. The fourth-order valence-corrected chi connectivity index (χ4v) is 3.70. The number of carbonyl (C=O) groups is 1. The highest BCUT2D eigenvalue weighted by Gasteiger charge is 2.30.